The van der Waals surface area contributed by atoms with Gasteiger partial charge in [-0.25, -0.2) is 4.99 Å². The zero-order chi connectivity index (χ0) is 22.5. The Morgan fingerprint density at radius 3 is 2.06 bits per heavy atom. The van der Waals surface area contributed by atoms with Crippen molar-refractivity contribution in [1.82, 2.24) is 4.90 Å². The average Bonchev–Trinajstić information content (AvgIpc) is 3.22. The van der Waals surface area contributed by atoms with Crippen molar-refractivity contribution in [3.63, 3.8) is 0 Å². The number of nitrogens with zero attached hydrogens (tertiary/aromatic N) is 3. The number of quaternary nitrogens is 1. The molecule has 7 nitrogen and oxygen atoms in total. The molecular formula is C25H27N4O3+. The fourth-order valence-corrected chi connectivity index (χ4v) is 3.75. The Hall–Kier alpha value is -3.76. The van der Waals surface area contributed by atoms with Crippen LogP contribution in [0.4, 0.5) is 5.88 Å². The lowest BCUT2D eigenvalue weighted by atomic mass is 9.98. The molecule has 0 radical (unpaired) electrons. The van der Waals surface area contributed by atoms with Crippen LogP contribution in [0.2, 0.25) is 0 Å². The van der Waals surface area contributed by atoms with Crippen LogP contribution in [0.5, 0.6) is 11.5 Å². The van der Waals surface area contributed by atoms with Gasteiger partial charge >= 0.3 is 0 Å². The second kappa shape index (κ2) is 9.58. The zero-order valence-electron chi connectivity index (χ0n) is 18.6. The van der Waals surface area contributed by atoms with Crippen molar-refractivity contribution in [3.8, 4) is 40.0 Å². The molecule has 0 unspecified atom stereocenters. The maximum atomic E-state index is 10.0. The van der Waals surface area contributed by atoms with Gasteiger partial charge in [0.05, 0.1) is 53.8 Å². The molecule has 2 heterocycles. The number of piperazine rings is 1. The average molecular weight is 432 g/mol. The molecule has 1 aliphatic heterocycles. The van der Waals surface area contributed by atoms with Crippen LogP contribution in [0, 0.1) is 11.3 Å². The molecule has 0 saturated carbocycles. The zero-order valence-corrected chi connectivity index (χ0v) is 18.6. The molecule has 0 aliphatic carbocycles. The van der Waals surface area contributed by atoms with E-state index >= 15 is 0 Å². The number of methoxy groups -OCH3 is 2. The Labute approximate surface area is 188 Å². The molecule has 3 aromatic rings. The normalized spacial score (nSPS) is 14.5. The maximum Gasteiger partial charge on any atom is 0.239 e. The highest BCUT2D eigenvalue weighted by molar-refractivity contribution is 5.88. The van der Waals surface area contributed by atoms with Crippen LogP contribution >= 0.6 is 0 Å². The first-order valence-corrected chi connectivity index (χ1v) is 10.6. The second-order valence-corrected chi connectivity index (χ2v) is 7.79. The summed E-state index contributed by atoms with van der Waals surface area (Å²) < 4.78 is 16.8. The van der Waals surface area contributed by atoms with Gasteiger partial charge in [-0.05, 0) is 42.0 Å². The molecule has 0 atom stereocenters. The maximum absolute atomic E-state index is 10.0. The van der Waals surface area contributed by atoms with E-state index in [0.717, 1.165) is 54.4 Å². The van der Waals surface area contributed by atoms with Crippen molar-refractivity contribution in [2.45, 2.75) is 0 Å². The highest BCUT2D eigenvalue weighted by Crippen LogP contribution is 2.43. The minimum Gasteiger partial charge on any atom is -0.497 e. The number of aliphatic imine (C=N–C) groups is 1. The first kappa shape index (κ1) is 21.5. The van der Waals surface area contributed by atoms with Crippen molar-refractivity contribution in [2.24, 2.45) is 4.99 Å². The number of likely N-dealkylation sites (N-methyl/N-ethyl adjacent to an activating group) is 1. The van der Waals surface area contributed by atoms with Gasteiger partial charge in [0.2, 0.25) is 5.88 Å². The molecule has 1 aromatic heterocycles. The summed E-state index contributed by atoms with van der Waals surface area (Å²) >= 11 is 0. The number of benzene rings is 2. The summed E-state index contributed by atoms with van der Waals surface area (Å²) in [5.41, 5.74) is 2.84. The van der Waals surface area contributed by atoms with Crippen molar-refractivity contribution in [1.29, 1.82) is 5.26 Å². The van der Waals surface area contributed by atoms with Crippen LogP contribution in [0.1, 0.15) is 5.56 Å². The van der Waals surface area contributed by atoms with Crippen LogP contribution < -0.4 is 14.4 Å². The minimum atomic E-state index is 0.315. The van der Waals surface area contributed by atoms with Gasteiger partial charge in [0.25, 0.3) is 0 Å². The summed E-state index contributed by atoms with van der Waals surface area (Å²) in [6.45, 7) is 3.97. The lowest BCUT2D eigenvalue weighted by molar-refractivity contribution is -0.883. The van der Waals surface area contributed by atoms with Gasteiger partial charge in [-0.1, -0.05) is 12.1 Å². The Kier molecular flexibility index (Phi) is 6.43. The van der Waals surface area contributed by atoms with Crippen molar-refractivity contribution in [2.75, 3.05) is 47.4 Å². The Bertz CT molecular complexity index is 1120. The molecule has 1 fully saturated rings. The lowest BCUT2D eigenvalue weighted by Gasteiger charge is -2.28. The fourth-order valence-electron chi connectivity index (χ4n) is 3.75. The first-order chi connectivity index (χ1) is 15.6. The second-order valence-electron chi connectivity index (χ2n) is 7.79. The van der Waals surface area contributed by atoms with Gasteiger partial charge in [0.15, 0.2) is 0 Å². The summed E-state index contributed by atoms with van der Waals surface area (Å²) in [6.07, 6.45) is 1.79. The smallest absolute Gasteiger partial charge is 0.239 e. The van der Waals surface area contributed by atoms with Gasteiger partial charge in [0, 0.05) is 11.1 Å². The van der Waals surface area contributed by atoms with E-state index in [1.807, 2.05) is 48.5 Å². The molecule has 0 spiro atoms. The predicted octanol–water partition coefficient (Wildman–Crippen LogP) is 2.99. The van der Waals surface area contributed by atoms with E-state index in [-0.39, 0.29) is 0 Å². The SMILES string of the molecule is COc1ccc(-c2oc(N=CN3CC[NH+](C)CC3)c(C#N)c2-c2ccc(OC)cc2)cc1. The standard InChI is InChI=1S/C25H26N4O3/c1-28-12-14-29(15-13-28)17-27-25-22(16-26)23(18-4-8-20(30-2)9-5-18)24(32-25)19-6-10-21(31-3)11-7-19/h4-11,17H,12-15H2,1-3H3/p+1. The third-order valence-electron chi connectivity index (χ3n) is 5.72. The van der Waals surface area contributed by atoms with Gasteiger partial charge in [-0.3, -0.25) is 0 Å². The third kappa shape index (κ3) is 4.46. The summed E-state index contributed by atoms with van der Waals surface area (Å²) in [6, 6.07) is 17.5. The Balaban J connectivity index is 1.78. The number of furan rings is 1. The van der Waals surface area contributed by atoms with Gasteiger partial charge in [0.1, 0.15) is 28.9 Å². The van der Waals surface area contributed by atoms with E-state index in [0.29, 0.717) is 17.2 Å². The molecule has 7 heteroatoms. The monoisotopic (exact) mass is 431 g/mol. The number of hydrogen-bond acceptors (Lipinski definition) is 5. The molecule has 2 aromatic carbocycles. The lowest BCUT2D eigenvalue weighted by Crippen LogP contribution is -3.11. The van der Waals surface area contributed by atoms with Crippen LogP contribution in [0.25, 0.3) is 22.5 Å². The van der Waals surface area contributed by atoms with E-state index in [1.54, 1.807) is 20.6 Å². The Morgan fingerprint density at radius 2 is 1.53 bits per heavy atom. The number of rotatable bonds is 6. The van der Waals surface area contributed by atoms with E-state index in [1.165, 1.54) is 4.90 Å². The quantitative estimate of drug-likeness (QED) is 0.480. The molecule has 1 aliphatic rings. The van der Waals surface area contributed by atoms with Crippen molar-refractivity contribution < 1.29 is 18.8 Å². The predicted molar refractivity (Wildman–Crippen MR) is 124 cm³/mol. The minimum absolute atomic E-state index is 0.315. The van der Waals surface area contributed by atoms with Crippen molar-refractivity contribution in [3.05, 3.63) is 54.1 Å². The molecule has 1 N–H and O–H groups in total. The molecular weight excluding hydrogens is 404 g/mol. The molecule has 4 rings (SSSR count). The number of ether oxygens (including phenoxy) is 2. The third-order valence-corrected chi connectivity index (χ3v) is 5.72. The van der Waals surface area contributed by atoms with E-state index < -0.39 is 0 Å². The summed E-state index contributed by atoms with van der Waals surface area (Å²) in [7, 11) is 5.45. The first-order valence-electron chi connectivity index (χ1n) is 10.6. The largest absolute Gasteiger partial charge is 0.497 e. The van der Waals surface area contributed by atoms with Crippen LogP contribution in [0.15, 0.2) is 57.9 Å². The fraction of sp³-hybridized carbons (Fsp3) is 0.280. The molecule has 164 valence electrons. The molecule has 0 amide bonds. The van der Waals surface area contributed by atoms with Gasteiger partial charge in [-0.2, -0.15) is 5.26 Å². The van der Waals surface area contributed by atoms with Gasteiger partial charge in [-0.15, -0.1) is 0 Å². The van der Waals surface area contributed by atoms with Crippen LogP contribution in [-0.2, 0) is 0 Å². The Morgan fingerprint density at radius 1 is 0.969 bits per heavy atom. The van der Waals surface area contributed by atoms with Gasteiger partial charge < -0.3 is 23.7 Å². The molecule has 0 bridgehead atoms. The summed E-state index contributed by atoms with van der Waals surface area (Å²) in [5.74, 6) is 2.42. The van der Waals surface area contributed by atoms with Crippen LogP contribution in [-0.4, -0.2) is 58.7 Å². The highest BCUT2D eigenvalue weighted by atomic mass is 16.5. The summed E-state index contributed by atoms with van der Waals surface area (Å²) in [5, 5.41) is 10.0. The number of hydrogen-bond donors (Lipinski definition) is 1. The van der Waals surface area contributed by atoms with Crippen LogP contribution in [0.3, 0.4) is 0 Å². The highest BCUT2D eigenvalue weighted by Gasteiger charge is 2.23. The van der Waals surface area contributed by atoms with E-state index in [2.05, 4.69) is 23.0 Å². The molecule has 1 saturated heterocycles. The number of nitriles is 1. The summed E-state index contributed by atoms with van der Waals surface area (Å²) in [4.78, 5) is 8.25. The number of nitrogens with one attached hydrogen (secondary N) is 1. The topological polar surface area (TPSA) is 75.4 Å². The molecule has 32 heavy (non-hydrogen) atoms. The van der Waals surface area contributed by atoms with Crippen molar-refractivity contribution >= 4 is 12.2 Å². The van der Waals surface area contributed by atoms with E-state index in [4.69, 9.17) is 13.9 Å². The van der Waals surface area contributed by atoms with E-state index in [9.17, 15) is 5.26 Å².